The summed E-state index contributed by atoms with van der Waals surface area (Å²) in [4.78, 5) is 12.1. The van der Waals surface area contributed by atoms with Crippen molar-refractivity contribution in [1.82, 2.24) is 0 Å². The molecule has 17 heavy (non-hydrogen) atoms. The lowest BCUT2D eigenvalue weighted by Crippen LogP contribution is -2.13. The fraction of sp³-hybridized carbons (Fsp3) is 0.562. The van der Waals surface area contributed by atoms with Crippen molar-refractivity contribution in [2.24, 2.45) is 11.3 Å². The first-order valence-electron chi connectivity index (χ1n) is 6.40. The summed E-state index contributed by atoms with van der Waals surface area (Å²) in [5.74, 6) is 0.881. The largest absolute Gasteiger partial charge is 0.294 e. The Morgan fingerprint density at radius 3 is 2.41 bits per heavy atom. The number of Topliss-reactive ketones (excluding diaryl/α,β-unsaturated/α-hetero) is 1. The Balaban J connectivity index is 2.81. The molecule has 0 saturated carbocycles. The van der Waals surface area contributed by atoms with E-state index >= 15 is 0 Å². The number of hydrogen-bond donors (Lipinski definition) is 0. The van der Waals surface area contributed by atoms with E-state index in [1.54, 1.807) is 0 Å². The van der Waals surface area contributed by atoms with E-state index < -0.39 is 0 Å². The number of carbonyl (C=O) groups is 1. The van der Waals surface area contributed by atoms with E-state index in [1.807, 2.05) is 18.2 Å². The SMILES string of the molecule is CC(C)Cc1cccc(C(=O)CC(C)(C)C)c1. The highest BCUT2D eigenvalue weighted by atomic mass is 16.1. The molecule has 0 amide bonds. The minimum Gasteiger partial charge on any atom is -0.294 e. The smallest absolute Gasteiger partial charge is 0.163 e. The monoisotopic (exact) mass is 232 g/mol. The highest BCUT2D eigenvalue weighted by Gasteiger charge is 2.17. The Hall–Kier alpha value is -1.11. The first-order chi connectivity index (χ1) is 7.78. The molecule has 0 aliphatic carbocycles. The highest BCUT2D eigenvalue weighted by Crippen LogP contribution is 2.22. The number of benzene rings is 1. The summed E-state index contributed by atoms with van der Waals surface area (Å²) in [6, 6.07) is 8.08. The van der Waals surface area contributed by atoms with Gasteiger partial charge in [-0.15, -0.1) is 0 Å². The molecular weight excluding hydrogens is 208 g/mol. The second kappa shape index (κ2) is 5.48. The van der Waals surface area contributed by atoms with Crippen molar-refractivity contribution in [1.29, 1.82) is 0 Å². The van der Waals surface area contributed by atoms with Crippen molar-refractivity contribution in [3.63, 3.8) is 0 Å². The zero-order chi connectivity index (χ0) is 13.1. The second-order valence-corrected chi connectivity index (χ2v) is 6.46. The van der Waals surface area contributed by atoms with Crippen molar-refractivity contribution >= 4 is 5.78 Å². The summed E-state index contributed by atoms with van der Waals surface area (Å²) in [7, 11) is 0. The summed E-state index contributed by atoms with van der Waals surface area (Å²) >= 11 is 0. The van der Waals surface area contributed by atoms with Gasteiger partial charge in [0.25, 0.3) is 0 Å². The van der Waals surface area contributed by atoms with E-state index in [4.69, 9.17) is 0 Å². The third-order valence-electron chi connectivity index (χ3n) is 2.58. The lowest BCUT2D eigenvalue weighted by molar-refractivity contribution is 0.0940. The lowest BCUT2D eigenvalue weighted by atomic mass is 9.87. The molecule has 1 rings (SSSR count). The molecule has 0 bridgehead atoms. The Morgan fingerprint density at radius 2 is 1.88 bits per heavy atom. The fourth-order valence-electron chi connectivity index (χ4n) is 1.93. The Morgan fingerprint density at radius 1 is 1.24 bits per heavy atom. The van der Waals surface area contributed by atoms with Crippen molar-refractivity contribution < 1.29 is 4.79 Å². The Kier molecular flexibility index (Phi) is 4.50. The molecule has 0 fully saturated rings. The number of rotatable bonds is 4. The number of carbonyl (C=O) groups excluding carboxylic acids is 1. The molecule has 0 radical (unpaired) electrons. The van der Waals surface area contributed by atoms with Gasteiger partial charge in [0.05, 0.1) is 0 Å². The van der Waals surface area contributed by atoms with E-state index in [-0.39, 0.29) is 11.2 Å². The van der Waals surface area contributed by atoms with E-state index in [1.165, 1.54) is 5.56 Å². The maximum Gasteiger partial charge on any atom is 0.163 e. The van der Waals surface area contributed by atoms with Gasteiger partial charge >= 0.3 is 0 Å². The first-order valence-corrected chi connectivity index (χ1v) is 6.40. The molecule has 94 valence electrons. The minimum absolute atomic E-state index is 0.0607. The molecule has 0 atom stereocenters. The van der Waals surface area contributed by atoms with Gasteiger partial charge in [-0.25, -0.2) is 0 Å². The van der Waals surface area contributed by atoms with Crippen LogP contribution in [-0.4, -0.2) is 5.78 Å². The third kappa shape index (κ3) is 5.16. The van der Waals surface area contributed by atoms with Crippen LogP contribution in [0.3, 0.4) is 0 Å². The minimum atomic E-state index is 0.0607. The van der Waals surface area contributed by atoms with Crippen LogP contribution in [-0.2, 0) is 6.42 Å². The third-order valence-corrected chi connectivity index (χ3v) is 2.58. The summed E-state index contributed by atoms with van der Waals surface area (Å²) in [5, 5.41) is 0. The normalized spacial score (nSPS) is 11.9. The molecule has 0 N–H and O–H groups in total. The highest BCUT2D eigenvalue weighted by molar-refractivity contribution is 5.96. The topological polar surface area (TPSA) is 17.1 Å². The quantitative estimate of drug-likeness (QED) is 0.698. The van der Waals surface area contributed by atoms with E-state index in [9.17, 15) is 4.79 Å². The van der Waals surface area contributed by atoms with Crippen LogP contribution in [0.15, 0.2) is 24.3 Å². The molecule has 1 heteroatoms. The molecule has 0 aliphatic rings. The van der Waals surface area contributed by atoms with Crippen molar-refractivity contribution in [3.8, 4) is 0 Å². The Bertz CT molecular complexity index is 383. The maximum absolute atomic E-state index is 12.1. The average Bonchev–Trinajstić information content (AvgIpc) is 2.14. The lowest BCUT2D eigenvalue weighted by Gasteiger charge is -2.17. The molecule has 0 aromatic heterocycles. The van der Waals surface area contributed by atoms with Crippen LogP contribution in [0.4, 0.5) is 0 Å². The molecule has 0 aliphatic heterocycles. The summed E-state index contributed by atoms with van der Waals surface area (Å²) in [6.07, 6.45) is 1.65. The standard InChI is InChI=1S/C16H24O/c1-12(2)9-13-7-6-8-14(10-13)15(17)11-16(3,4)5/h6-8,10,12H,9,11H2,1-5H3. The average molecular weight is 232 g/mol. The van der Waals surface area contributed by atoms with Crippen LogP contribution in [0.1, 0.15) is 57.0 Å². The number of hydrogen-bond acceptors (Lipinski definition) is 1. The maximum atomic E-state index is 12.1. The predicted molar refractivity (Wildman–Crippen MR) is 73.4 cm³/mol. The molecule has 0 spiro atoms. The van der Waals surface area contributed by atoms with Gasteiger partial charge in [-0.05, 0) is 29.4 Å². The van der Waals surface area contributed by atoms with E-state index in [0.717, 1.165) is 12.0 Å². The van der Waals surface area contributed by atoms with Crippen LogP contribution in [0.2, 0.25) is 0 Å². The van der Waals surface area contributed by atoms with Crippen LogP contribution < -0.4 is 0 Å². The van der Waals surface area contributed by atoms with Crippen LogP contribution >= 0.6 is 0 Å². The second-order valence-electron chi connectivity index (χ2n) is 6.46. The van der Waals surface area contributed by atoms with Crippen molar-refractivity contribution in [2.45, 2.75) is 47.5 Å². The summed E-state index contributed by atoms with van der Waals surface area (Å²) < 4.78 is 0. The molecule has 1 nitrogen and oxygen atoms in total. The molecule has 1 aromatic carbocycles. The molecule has 1 aromatic rings. The van der Waals surface area contributed by atoms with Gasteiger partial charge in [0.15, 0.2) is 5.78 Å². The van der Waals surface area contributed by atoms with Gasteiger partial charge < -0.3 is 0 Å². The van der Waals surface area contributed by atoms with E-state index in [2.05, 4.69) is 40.7 Å². The zero-order valence-corrected chi connectivity index (χ0v) is 11.7. The van der Waals surface area contributed by atoms with E-state index in [0.29, 0.717) is 12.3 Å². The fourth-order valence-corrected chi connectivity index (χ4v) is 1.93. The number of ketones is 1. The molecular formula is C16H24O. The predicted octanol–water partition coefficient (Wildman–Crippen LogP) is 4.50. The van der Waals surface area contributed by atoms with Gasteiger partial charge in [-0.1, -0.05) is 52.8 Å². The van der Waals surface area contributed by atoms with Crippen LogP contribution in [0, 0.1) is 11.3 Å². The van der Waals surface area contributed by atoms with Gasteiger partial charge in [0.2, 0.25) is 0 Å². The van der Waals surface area contributed by atoms with Gasteiger partial charge in [0, 0.05) is 12.0 Å². The van der Waals surface area contributed by atoms with Crippen molar-refractivity contribution in [3.05, 3.63) is 35.4 Å². The van der Waals surface area contributed by atoms with Crippen LogP contribution in [0.5, 0.6) is 0 Å². The van der Waals surface area contributed by atoms with Gasteiger partial charge in [-0.3, -0.25) is 4.79 Å². The summed E-state index contributed by atoms with van der Waals surface area (Å²) in [6.45, 7) is 10.7. The first kappa shape index (κ1) is 14.0. The zero-order valence-electron chi connectivity index (χ0n) is 11.7. The van der Waals surface area contributed by atoms with Crippen molar-refractivity contribution in [2.75, 3.05) is 0 Å². The van der Waals surface area contributed by atoms with Gasteiger partial charge in [-0.2, -0.15) is 0 Å². The molecule has 0 unspecified atom stereocenters. The van der Waals surface area contributed by atoms with Crippen LogP contribution in [0.25, 0.3) is 0 Å². The molecule has 0 saturated heterocycles. The molecule has 0 heterocycles. The summed E-state index contributed by atoms with van der Waals surface area (Å²) in [5.41, 5.74) is 2.18. The Labute approximate surface area is 105 Å². The van der Waals surface area contributed by atoms with Gasteiger partial charge in [0.1, 0.15) is 0 Å².